The van der Waals surface area contributed by atoms with Gasteiger partial charge < -0.3 is 5.32 Å². The molecule has 2 amide bonds. The third-order valence-electron chi connectivity index (χ3n) is 4.08. The van der Waals surface area contributed by atoms with Gasteiger partial charge in [0.05, 0.1) is 5.56 Å². The average Bonchev–Trinajstić information content (AvgIpc) is 2.82. The highest BCUT2D eigenvalue weighted by molar-refractivity contribution is 7.90. The largest absolute Gasteiger partial charge is 0.352 e. The molecule has 2 aromatic carbocycles. The van der Waals surface area contributed by atoms with E-state index >= 15 is 0 Å². The number of hydrogen-bond acceptors (Lipinski definition) is 4. The average molecular weight is 393 g/mol. The highest BCUT2D eigenvalue weighted by Gasteiger charge is 2.40. The number of halogens is 1. The molecule has 0 aromatic heterocycles. The lowest BCUT2D eigenvalue weighted by atomic mass is 10.2. The Morgan fingerprint density at radius 1 is 1.08 bits per heavy atom. The molecule has 0 bridgehead atoms. The molecule has 0 saturated carbocycles. The number of hydrogen-bond donors (Lipinski definition) is 1. The molecular weight excluding hydrogens is 376 g/mol. The Morgan fingerprint density at radius 3 is 2.46 bits per heavy atom. The summed E-state index contributed by atoms with van der Waals surface area (Å²) in [7, 11) is -3.81. The molecule has 1 heterocycles. The van der Waals surface area contributed by atoms with Gasteiger partial charge in [-0.25, -0.2) is 12.7 Å². The molecule has 1 N–H and O–H groups in total. The van der Waals surface area contributed by atoms with Crippen molar-refractivity contribution in [1.29, 1.82) is 0 Å². The summed E-state index contributed by atoms with van der Waals surface area (Å²) in [5.41, 5.74) is 1.09. The first-order valence-corrected chi connectivity index (χ1v) is 9.88. The molecule has 0 unspecified atom stereocenters. The third kappa shape index (κ3) is 3.73. The van der Waals surface area contributed by atoms with E-state index in [1.165, 1.54) is 12.1 Å². The molecule has 6 nitrogen and oxygen atoms in total. The number of benzene rings is 2. The molecule has 3 rings (SSSR count). The number of rotatable bonds is 6. The van der Waals surface area contributed by atoms with Gasteiger partial charge in [-0.2, -0.15) is 0 Å². The lowest BCUT2D eigenvalue weighted by Gasteiger charge is -2.14. The van der Waals surface area contributed by atoms with E-state index in [0.29, 0.717) is 11.6 Å². The SMILES string of the molecule is O=C(CCCN1C(=O)c2ccccc2S1(=O)=O)NCc1ccc(Cl)cc1. The van der Waals surface area contributed by atoms with Crippen LogP contribution < -0.4 is 5.32 Å². The topological polar surface area (TPSA) is 83.6 Å². The number of carbonyl (C=O) groups excluding carboxylic acids is 2. The summed E-state index contributed by atoms with van der Waals surface area (Å²) < 4.78 is 25.6. The van der Waals surface area contributed by atoms with Crippen molar-refractivity contribution in [2.24, 2.45) is 0 Å². The van der Waals surface area contributed by atoms with Gasteiger partial charge >= 0.3 is 0 Å². The van der Waals surface area contributed by atoms with Crippen LogP contribution in [0.25, 0.3) is 0 Å². The first kappa shape index (κ1) is 18.4. The predicted molar refractivity (Wildman–Crippen MR) is 97.2 cm³/mol. The Bertz CT molecular complexity index is 942. The Hall–Kier alpha value is -2.38. The molecule has 0 radical (unpaired) electrons. The molecule has 0 atom stereocenters. The van der Waals surface area contributed by atoms with Crippen LogP contribution in [-0.4, -0.2) is 31.1 Å². The van der Waals surface area contributed by atoms with E-state index in [-0.39, 0.29) is 35.8 Å². The van der Waals surface area contributed by atoms with Crippen molar-refractivity contribution in [3.63, 3.8) is 0 Å². The minimum Gasteiger partial charge on any atom is -0.352 e. The van der Waals surface area contributed by atoms with Crippen LogP contribution in [0.3, 0.4) is 0 Å². The first-order chi connectivity index (χ1) is 12.4. The van der Waals surface area contributed by atoms with Gasteiger partial charge in [0, 0.05) is 24.5 Å². The minimum absolute atomic E-state index is 0.0236. The number of fused-ring (bicyclic) bond motifs is 1. The van der Waals surface area contributed by atoms with Crippen molar-refractivity contribution >= 4 is 33.4 Å². The number of sulfonamides is 1. The Labute approximate surface area is 156 Å². The molecule has 1 aliphatic heterocycles. The summed E-state index contributed by atoms with van der Waals surface area (Å²) in [4.78, 5) is 24.2. The van der Waals surface area contributed by atoms with Crippen molar-refractivity contribution in [2.45, 2.75) is 24.3 Å². The molecule has 0 spiro atoms. The smallest absolute Gasteiger partial charge is 0.269 e. The fourth-order valence-electron chi connectivity index (χ4n) is 2.73. The standard InChI is InChI=1S/C18H17ClN2O4S/c19-14-9-7-13(8-10-14)12-20-17(22)6-3-11-21-18(23)15-4-1-2-5-16(15)26(21,24)25/h1-2,4-5,7-10H,3,6,11-12H2,(H,20,22). The zero-order chi connectivity index (χ0) is 18.7. The van der Waals surface area contributed by atoms with Crippen molar-refractivity contribution < 1.29 is 18.0 Å². The van der Waals surface area contributed by atoms with Gasteiger partial charge in [-0.15, -0.1) is 0 Å². The van der Waals surface area contributed by atoms with Crippen molar-refractivity contribution in [2.75, 3.05) is 6.54 Å². The van der Waals surface area contributed by atoms with E-state index in [1.807, 2.05) is 12.1 Å². The molecule has 8 heteroatoms. The minimum atomic E-state index is -3.81. The first-order valence-electron chi connectivity index (χ1n) is 8.07. The van der Waals surface area contributed by atoms with Crippen molar-refractivity contribution in [3.05, 3.63) is 64.7 Å². The number of carbonyl (C=O) groups is 2. The van der Waals surface area contributed by atoms with E-state index in [4.69, 9.17) is 11.6 Å². The second-order valence-electron chi connectivity index (χ2n) is 5.89. The maximum atomic E-state index is 12.4. The van der Waals surface area contributed by atoms with Crippen LogP contribution in [-0.2, 0) is 21.4 Å². The second-order valence-corrected chi connectivity index (χ2v) is 8.15. The van der Waals surface area contributed by atoms with Gasteiger partial charge in [0.25, 0.3) is 15.9 Å². The second kappa shape index (κ2) is 7.47. The molecule has 26 heavy (non-hydrogen) atoms. The van der Waals surface area contributed by atoms with Gasteiger partial charge in [0.1, 0.15) is 4.90 Å². The summed E-state index contributed by atoms with van der Waals surface area (Å²) in [5, 5.41) is 3.38. The molecule has 0 fully saturated rings. The van der Waals surface area contributed by atoms with Gasteiger partial charge in [-0.3, -0.25) is 9.59 Å². The molecule has 0 saturated heterocycles. The van der Waals surface area contributed by atoms with Gasteiger partial charge in [-0.1, -0.05) is 35.9 Å². The fraction of sp³-hybridized carbons (Fsp3) is 0.222. The van der Waals surface area contributed by atoms with Crippen LogP contribution in [0.5, 0.6) is 0 Å². The highest BCUT2D eigenvalue weighted by atomic mass is 35.5. The van der Waals surface area contributed by atoms with Crippen LogP contribution >= 0.6 is 11.6 Å². The zero-order valence-corrected chi connectivity index (χ0v) is 15.4. The molecule has 136 valence electrons. The maximum Gasteiger partial charge on any atom is 0.269 e. The quantitative estimate of drug-likeness (QED) is 0.818. The molecule has 0 aliphatic carbocycles. The lowest BCUT2D eigenvalue weighted by Crippen LogP contribution is -2.32. The van der Waals surface area contributed by atoms with E-state index in [2.05, 4.69) is 5.32 Å². The highest BCUT2D eigenvalue weighted by Crippen LogP contribution is 2.29. The summed E-state index contributed by atoms with van der Waals surface area (Å²) in [6, 6.07) is 13.2. The van der Waals surface area contributed by atoms with Crippen LogP contribution in [0.2, 0.25) is 5.02 Å². The summed E-state index contributed by atoms with van der Waals surface area (Å²) in [6.45, 7) is 0.340. The van der Waals surface area contributed by atoms with Crippen molar-refractivity contribution in [3.8, 4) is 0 Å². The van der Waals surface area contributed by atoms with Crippen LogP contribution in [0, 0.1) is 0 Å². The van der Waals surface area contributed by atoms with Crippen LogP contribution in [0.15, 0.2) is 53.4 Å². The zero-order valence-electron chi connectivity index (χ0n) is 13.8. The lowest BCUT2D eigenvalue weighted by molar-refractivity contribution is -0.121. The summed E-state index contributed by atoms with van der Waals surface area (Å²) >= 11 is 5.80. The number of nitrogens with one attached hydrogen (secondary N) is 1. The van der Waals surface area contributed by atoms with Crippen LogP contribution in [0.4, 0.5) is 0 Å². The molecule has 1 aliphatic rings. The monoisotopic (exact) mass is 392 g/mol. The Morgan fingerprint density at radius 2 is 1.77 bits per heavy atom. The maximum absolute atomic E-state index is 12.4. The van der Waals surface area contributed by atoms with Gasteiger partial charge in [-0.05, 0) is 36.2 Å². The van der Waals surface area contributed by atoms with Crippen LogP contribution in [0.1, 0.15) is 28.8 Å². The summed E-state index contributed by atoms with van der Waals surface area (Å²) in [6.07, 6.45) is 0.384. The van der Waals surface area contributed by atoms with E-state index in [0.717, 1.165) is 9.87 Å². The van der Waals surface area contributed by atoms with Gasteiger partial charge in [0.15, 0.2) is 0 Å². The van der Waals surface area contributed by atoms with Gasteiger partial charge in [0.2, 0.25) is 5.91 Å². The van der Waals surface area contributed by atoms with Crippen molar-refractivity contribution in [1.82, 2.24) is 9.62 Å². The Balaban J connectivity index is 1.51. The Kier molecular flexibility index (Phi) is 5.29. The van der Waals surface area contributed by atoms with E-state index in [9.17, 15) is 18.0 Å². The normalized spacial score (nSPS) is 15.0. The van der Waals surface area contributed by atoms with E-state index in [1.54, 1.807) is 24.3 Å². The number of nitrogens with zero attached hydrogens (tertiary/aromatic N) is 1. The third-order valence-corrected chi connectivity index (χ3v) is 6.17. The summed E-state index contributed by atoms with van der Waals surface area (Å²) in [5.74, 6) is -0.747. The van der Waals surface area contributed by atoms with E-state index < -0.39 is 15.9 Å². The molecule has 2 aromatic rings. The molecular formula is C18H17ClN2O4S. The predicted octanol–water partition coefficient (Wildman–Crippen LogP) is 2.58. The number of amides is 2. The fourth-order valence-corrected chi connectivity index (χ4v) is 4.46.